The zero-order valence-corrected chi connectivity index (χ0v) is 14.2. The molecule has 7 nitrogen and oxygen atoms in total. The van der Waals surface area contributed by atoms with E-state index < -0.39 is 23.7 Å². The van der Waals surface area contributed by atoms with Crippen molar-refractivity contribution in [3.63, 3.8) is 0 Å². The fourth-order valence-electron chi connectivity index (χ4n) is 1.97. The summed E-state index contributed by atoms with van der Waals surface area (Å²) in [4.78, 5) is 26.6. The first-order chi connectivity index (χ1) is 12.8. The molecule has 0 fully saturated rings. The lowest BCUT2D eigenvalue weighted by Crippen LogP contribution is -2.37. The predicted molar refractivity (Wildman–Crippen MR) is 89.4 cm³/mol. The number of aromatic nitrogens is 1. The van der Waals surface area contributed by atoms with Crippen LogP contribution in [0.25, 0.3) is 0 Å². The molecule has 144 valence electrons. The monoisotopic (exact) mass is 383 g/mol. The van der Waals surface area contributed by atoms with E-state index in [1.54, 1.807) is 24.3 Å². The average molecular weight is 383 g/mol. The summed E-state index contributed by atoms with van der Waals surface area (Å²) in [7, 11) is 1.49. The summed E-state index contributed by atoms with van der Waals surface area (Å²) in [5, 5.41) is 4.48. The van der Waals surface area contributed by atoms with Crippen LogP contribution in [0.2, 0.25) is 0 Å². The maximum Gasteiger partial charge on any atom is 0.433 e. The van der Waals surface area contributed by atoms with Crippen molar-refractivity contribution < 1.29 is 32.2 Å². The lowest BCUT2D eigenvalue weighted by Gasteiger charge is -2.11. The second-order valence-electron chi connectivity index (χ2n) is 5.14. The van der Waals surface area contributed by atoms with E-state index in [1.165, 1.54) is 7.11 Å². The first-order valence-corrected chi connectivity index (χ1v) is 7.69. The van der Waals surface area contributed by atoms with Crippen molar-refractivity contribution in [2.45, 2.75) is 6.18 Å². The molecule has 1 aromatic heterocycles. The highest BCUT2D eigenvalue weighted by atomic mass is 19.4. The molecule has 2 N–H and O–H groups in total. The summed E-state index contributed by atoms with van der Waals surface area (Å²) in [6, 6.07) is 8.63. The lowest BCUT2D eigenvalue weighted by atomic mass is 10.3. The highest BCUT2D eigenvalue weighted by Crippen LogP contribution is 2.27. The van der Waals surface area contributed by atoms with Gasteiger partial charge >= 0.3 is 18.0 Å². The van der Waals surface area contributed by atoms with Crippen LogP contribution in [0.1, 0.15) is 5.69 Å². The van der Waals surface area contributed by atoms with Gasteiger partial charge in [0, 0.05) is 0 Å². The molecule has 0 spiro atoms. The van der Waals surface area contributed by atoms with Gasteiger partial charge in [-0.1, -0.05) is 12.1 Å². The molecule has 10 heteroatoms. The number of methoxy groups -OCH3 is 1. The first kappa shape index (κ1) is 20.0. The van der Waals surface area contributed by atoms with E-state index in [9.17, 15) is 22.8 Å². The Balaban J connectivity index is 1.78. The minimum Gasteiger partial charge on any atom is -0.493 e. The SMILES string of the molecule is COc1ccccc1OCCNC(=O)C(=O)Nc1ccc(C(F)(F)F)nc1. The Morgan fingerprint density at radius 2 is 1.78 bits per heavy atom. The fourth-order valence-corrected chi connectivity index (χ4v) is 1.97. The Hall–Kier alpha value is -3.30. The van der Waals surface area contributed by atoms with E-state index in [0.29, 0.717) is 17.6 Å². The van der Waals surface area contributed by atoms with Gasteiger partial charge < -0.3 is 20.1 Å². The van der Waals surface area contributed by atoms with E-state index in [1.807, 2.05) is 0 Å². The third kappa shape index (κ3) is 5.87. The number of benzene rings is 1. The Labute approximate surface area is 152 Å². The number of nitrogens with one attached hydrogen (secondary N) is 2. The third-order valence-corrected chi connectivity index (χ3v) is 3.23. The van der Waals surface area contributed by atoms with Gasteiger partial charge in [0.1, 0.15) is 12.3 Å². The van der Waals surface area contributed by atoms with Crippen LogP contribution in [-0.4, -0.2) is 37.1 Å². The van der Waals surface area contributed by atoms with E-state index >= 15 is 0 Å². The largest absolute Gasteiger partial charge is 0.493 e. The Morgan fingerprint density at radius 1 is 1.07 bits per heavy atom. The summed E-state index contributed by atoms with van der Waals surface area (Å²) in [5.74, 6) is -0.988. The molecular formula is C17H16F3N3O4. The molecule has 1 heterocycles. The van der Waals surface area contributed by atoms with E-state index in [0.717, 1.165) is 12.3 Å². The number of rotatable bonds is 6. The van der Waals surface area contributed by atoms with Gasteiger partial charge in [-0.15, -0.1) is 0 Å². The fraction of sp³-hybridized carbons (Fsp3) is 0.235. The normalized spacial score (nSPS) is 10.8. The smallest absolute Gasteiger partial charge is 0.433 e. The van der Waals surface area contributed by atoms with Crippen LogP contribution in [-0.2, 0) is 15.8 Å². The van der Waals surface area contributed by atoms with Crippen LogP contribution in [0, 0.1) is 0 Å². The lowest BCUT2D eigenvalue weighted by molar-refractivity contribution is -0.141. The number of alkyl halides is 3. The minimum atomic E-state index is -4.58. The van der Waals surface area contributed by atoms with Crippen LogP contribution < -0.4 is 20.1 Å². The zero-order valence-electron chi connectivity index (χ0n) is 14.2. The number of hydrogen-bond donors (Lipinski definition) is 2. The van der Waals surface area contributed by atoms with Crippen LogP contribution in [0.15, 0.2) is 42.6 Å². The summed E-state index contributed by atoms with van der Waals surface area (Å²) in [6.07, 6.45) is -3.76. The zero-order chi connectivity index (χ0) is 19.9. The number of carbonyl (C=O) groups is 2. The quantitative estimate of drug-likeness (QED) is 0.590. The molecule has 0 aliphatic heterocycles. The van der Waals surface area contributed by atoms with Gasteiger partial charge in [0.25, 0.3) is 0 Å². The number of carbonyl (C=O) groups excluding carboxylic acids is 2. The third-order valence-electron chi connectivity index (χ3n) is 3.23. The topological polar surface area (TPSA) is 89.5 Å². The molecule has 0 aliphatic rings. The molecule has 0 unspecified atom stereocenters. The van der Waals surface area contributed by atoms with Crippen LogP contribution >= 0.6 is 0 Å². The summed E-state index contributed by atoms with van der Waals surface area (Å²) >= 11 is 0. The second-order valence-corrected chi connectivity index (χ2v) is 5.14. The molecule has 0 radical (unpaired) electrons. The predicted octanol–water partition coefficient (Wildman–Crippen LogP) is 2.24. The second kappa shape index (κ2) is 8.88. The summed E-state index contributed by atoms with van der Waals surface area (Å²) in [6.45, 7) is 0.122. The maximum atomic E-state index is 12.4. The molecule has 2 rings (SSSR count). The molecule has 27 heavy (non-hydrogen) atoms. The minimum absolute atomic E-state index is 0.0339. The van der Waals surface area contributed by atoms with Crippen LogP contribution in [0.5, 0.6) is 11.5 Å². The highest BCUT2D eigenvalue weighted by Gasteiger charge is 2.32. The van der Waals surface area contributed by atoms with Crippen molar-refractivity contribution in [2.75, 3.05) is 25.6 Å². The van der Waals surface area contributed by atoms with Gasteiger partial charge in [-0.05, 0) is 24.3 Å². The number of amides is 2. The molecule has 0 atom stereocenters. The average Bonchev–Trinajstić information content (AvgIpc) is 2.65. The number of anilines is 1. The van der Waals surface area contributed by atoms with Crippen molar-refractivity contribution >= 4 is 17.5 Å². The van der Waals surface area contributed by atoms with E-state index in [2.05, 4.69) is 15.6 Å². The number of para-hydroxylation sites is 2. The molecule has 0 aliphatic carbocycles. The van der Waals surface area contributed by atoms with Crippen LogP contribution in [0.3, 0.4) is 0 Å². The Kier molecular flexibility index (Phi) is 6.58. The van der Waals surface area contributed by atoms with Gasteiger partial charge in [0.15, 0.2) is 11.5 Å². The maximum absolute atomic E-state index is 12.4. The number of ether oxygens (including phenoxy) is 2. The molecule has 0 saturated carbocycles. The molecule has 1 aromatic carbocycles. The van der Waals surface area contributed by atoms with Crippen molar-refractivity contribution in [2.24, 2.45) is 0 Å². The summed E-state index contributed by atoms with van der Waals surface area (Å²) < 4.78 is 47.8. The standard InChI is InChI=1S/C17H16F3N3O4/c1-26-12-4-2-3-5-13(12)27-9-8-21-15(24)16(25)23-11-6-7-14(22-10-11)17(18,19)20/h2-7,10H,8-9H2,1H3,(H,21,24)(H,23,25). The van der Waals surface area contributed by atoms with E-state index in [4.69, 9.17) is 9.47 Å². The number of nitrogens with zero attached hydrogens (tertiary/aromatic N) is 1. The molecule has 2 aromatic rings. The van der Waals surface area contributed by atoms with Crippen molar-refractivity contribution in [1.29, 1.82) is 0 Å². The molecule has 0 bridgehead atoms. The van der Waals surface area contributed by atoms with Crippen molar-refractivity contribution in [3.05, 3.63) is 48.3 Å². The van der Waals surface area contributed by atoms with E-state index in [-0.39, 0.29) is 18.8 Å². The summed E-state index contributed by atoms with van der Waals surface area (Å²) in [5.41, 5.74) is -1.13. The molecular weight excluding hydrogens is 367 g/mol. The van der Waals surface area contributed by atoms with Gasteiger partial charge in [0.2, 0.25) is 0 Å². The Bertz CT molecular complexity index is 795. The molecule has 0 saturated heterocycles. The number of pyridine rings is 1. The van der Waals surface area contributed by atoms with Crippen molar-refractivity contribution in [3.8, 4) is 11.5 Å². The van der Waals surface area contributed by atoms with Crippen LogP contribution in [0.4, 0.5) is 18.9 Å². The Morgan fingerprint density at radius 3 is 2.37 bits per heavy atom. The highest BCUT2D eigenvalue weighted by molar-refractivity contribution is 6.39. The molecule has 2 amide bonds. The van der Waals surface area contributed by atoms with Gasteiger partial charge in [-0.25, -0.2) is 4.98 Å². The van der Waals surface area contributed by atoms with Gasteiger partial charge in [-0.3, -0.25) is 9.59 Å². The van der Waals surface area contributed by atoms with Crippen molar-refractivity contribution in [1.82, 2.24) is 10.3 Å². The van der Waals surface area contributed by atoms with Gasteiger partial charge in [0.05, 0.1) is 25.5 Å². The number of hydrogen-bond acceptors (Lipinski definition) is 5. The first-order valence-electron chi connectivity index (χ1n) is 7.69. The van der Waals surface area contributed by atoms with Gasteiger partial charge in [-0.2, -0.15) is 13.2 Å². The number of halogens is 3.